The van der Waals surface area contributed by atoms with Crippen LogP contribution in [0.25, 0.3) is 10.9 Å². The number of carboxylic acid groups (broad SMARTS) is 1. The summed E-state index contributed by atoms with van der Waals surface area (Å²) in [6, 6.07) is 11.3. The number of aromatic carboxylic acids is 1. The Morgan fingerprint density at radius 3 is 2.44 bits per heavy atom. The molecule has 3 aromatic rings. The molecule has 0 aliphatic heterocycles. The van der Waals surface area contributed by atoms with Gasteiger partial charge in [-0.25, -0.2) is 4.79 Å². The summed E-state index contributed by atoms with van der Waals surface area (Å²) >= 11 is 6.17. The minimum absolute atomic E-state index is 0.117. The molecule has 2 aromatic carbocycles. The van der Waals surface area contributed by atoms with Crippen LogP contribution in [0.4, 0.5) is 17.1 Å². The molecular formula is C19H18ClN3O2. The number of aromatic nitrogens is 1. The molecule has 6 heteroatoms. The SMILES string of the molecule is Cc1c(Cl)ccc2c(Nc3ccc(N(C)C)cc3)c(C(=O)O)cnc12. The number of pyridine rings is 1. The molecule has 5 nitrogen and oxygen atoms in total. The smallest absolute Gasteiger partial charge is 0.339 e. The molecule has 0 saturated carbocycles. The van der Waals surface area contributed by atoms with Gasteiger partial charge >= 0.3 is 5.97 Å². The van der Waals surface area contributed by atoms with Crippen LogP contribution in [0.5, 0.6) is 0 Å². The summed E-state index contributed by atoms with van der Waals surface area (Å²) in [5.41, 5.74) is 3.99. The van der Waals surface area contributed by atoms with Crippen LogP contribution < -0.4 is 10.2 Å². The van der Waals surface area contributed by atoms with Crippen LogP contribution in [0.15, 0.2) is 42.6 Å². The molecule has 128 valence electrons. The maximum Gasteiger partial charge on any atom is 0.339 e. The van der Waals surface area contributed by atoms with Crippen LogP contribution in [0.3, 0.4) is 0 Å². The van der Waals surface area contributed by atoms with Crippen LogP contribution >= 0.6 is 11.6 Å². The number of fused-ring (bicyclic) bond motifs is 1. The summed E-state index contributed by atoms with van der Waals surface area (Å²) in [5.74, 6) is -1.03. The third-order valence-electron chi connectivity index (χ3n) is 4.11. The van der Waals surface area contributed by atoms with Crippen molar-refractivity contribution in [2.75, 3.05) is 24.3 Å². The highest BCUT2D eigenvalue weighted by Gasteiger charge is 2.16. The van der Waals surface area contributed by atoms with E-state index in [2.05, 4.69) is 10.3 Å². The third-order valence-corrected chi connectivity index (χ3v) is 4.52. The van der Waals surface area contributed by atoms with Gasteiger partial charge in [-0.2, -0.15) is 0 Å². The molecule has 0 unspecified atom stereocenters. The number of rotatable bonds is 4. The lowest BCUT2D eigenvalue weighted by Gasteiger charge is -2.16. The minimum atomic E-state index is -1.03. The van der Waals surface area contributed by atoms with E-state index in [1.165, 1.54) is 6.20 Å². The number of anilines is 3. The molecule has 0 aliphatic carbocycles. The minimum Gasteiger partial charge on any atom is -0.478 e. The Labute approximate surface area is 150 Å². The Morgan fingerprint density at radius 2 is 1.84 bits per heavy atom. The number of carbonyl (C=O) groups is 1. The van der Waals surface area contributed by atoms with Crippen LogP contribution in [0, 0.1) is 6.92 Å². The molecule has 0 spiro atoms. The molecule has 0 amide bonds. The van der Waals surface area contributed by atoms with Crippen molar-refractivity contribution in [3.63, 3.8) is 0 Å². The van der Waals surface area contributed by atoms with Gasteiger partial charge in [0.25, 0.3) is 0 Å². The summed E-state index contributed by atoms with van der Waals surface area (Å²) in [6.45, 7) is 1.87. The molecule has 0 aliphatic rings. The van der Waals surface area contributed by atoms with Gasteiger partial charge in [-0.1, -0.05) is 11.6 Å². The molecule has 3 rings (SSSR count). The normalized spacial score (nSPS) is 10.7. The molecule has 25 heavy (non-hydrogen) atoms. The van der Waals surface area contributed by atoms with E-state index < -0.39 is 5.97 Å². The zero-order valence-corrected chi connectivity index (χ0v) is 14.9. The molecule has 1 heterocycles. The summed E-state index contributed by atoms with van der Waals surface area (Å²) in [6.07, 6.45) is 1.37. The number of hydrogen-bond donors (Lipinski definition) is 2. The predicted molar refractivity (Wildman–Crippen MR) is 103 cm³/mol. The van der Waals surface area contributed by atoms with Gasteiger partial charge in [0.2, 0.25) is 0 Å². The van der Waals surface area contributed by atoms with Crippen LogP contribution in [-0.4, -0.2) is 30.2 Å². The maximum absolute atomic E-state index is 11.6. The lowest BCUT2D eigenvalue weighted by molar-refractivity contribution is 0.0697. The lowest BCUT2D eigenvalue weighted by atomic mass is 10.1. The number of nitrogens with zero attached hydrogens (tertiary/aromatic N) is 2. The quantitative estimate of drug-likeness (QED) is 0.709. The van der Waals surface area contributed by atoms with Gasteiger partial charge in [0.1, 0.15) is 5.56 Å². The second-order valence-corrected chi connectivity index (χ2v) is 6.39. The molecule has 1 aromatic heterocycles. The molecule has 2 N–H and O–H groups in total. The Hall–Kier alpha value is -2.79. The summed E-state index contributed by atoms with van der Waals surface area (Å²) in [7, 11) is 3.93. The summed E-state index contributed by atoms with van der Waals surface area (Å²) < 4.78 is 0. The monoisotopic (exact) mass is 355 g/mol. The van der Waals surface area contributed by atoms with E-state index in [9.17, 15) is 9.90 Å². The van der Waals surface area contributed by atoms with Gasteiger partial charge in [-0.3, -0.25) is 4.98 Å². The number of benzene rings is 2. The van der Waals surface area contributed by atoms with Crippen LogP contribution in [0.1, 0.15) is 15.9 Å². The second kappa shape index (κ2) is 6.61. The first-order valence-electron chi connectivity index (χ1n) is 7.74. The van der Waals surface area contributed by atoms with Crippen molar-refractivity contribution < 1.29 is 9.90 Å². The van der Waals surface area contributed by atoms with Crippen molar-refractivity contribution in [3.8, 4) is 0 Å². The van der Waals surface area contributed by atoms with E-state index in [-0.39, 0.29) is 5.56 Å². The molecule has 0 saturated heterocycles. The predicted octanol–water partition coefficient (Wildman–Crippen LogP) is 4.70. The van der Waals surface area contributed by atoms with Gasteiger partial charge in [-0.05, 0) is 48.9 Å². The highest BCUT2D eigenvalue weighted by molar-refractivity contribution is 6.32. The third kappa shape index (κ3) is 3.23. The first-order chi connectivity index (χ1) is 11.9. The standard InChI is InChI=1S/C19H18ClN3O2/c1-11-16(20)9-8-14-17(11)21-10-15(19(24)25)18(14)22-12-4-6-13(7-5-12)23(2)3/h4-10H,1-3H3,(H,21,22)(H,24,25). The van der Waals surface area contributed by atoms with Gasteiger partial charge in [0, 0.05) is 42.1 Å². The molecule has 0 atom stereocenters. The molecule has 0 bridgehead atoms. The average Bonchev–Trinajstić information content (AvgIpc) is 2.58. The van der Waals surface area contributed by atoms with Crippen molar-refractivity contribution >= 4 is 45.5 Å². The fourth-order valence-electron chi connectivity index (χ4n) is 2.67. The molecule has 0 fully saturated rings. The first-order valence-corrected chi connectivity index (χ1v) is 8.12. The van der Waals surface area contributed by atoms with E-state index in [0.29, 0.717) is 16.2 Å². The van der Waals surface area contributed by atoms with Crippen molar-refractivity contribution in [1.29, 1.82) is 0 Å². The summed E-state index contributed by atoms with van der Waals surface area (Å²) in [5, 5.41) is 14.1. The van der Waals surface area contributed by atoms with E-state index >= 15 is 0 Å². The van der Waals surface area contributed by atoms with Crippen molar-refractivity contribution in [2.24, 2.45) is 0 Å². The van der Waals surface area contributed by atoms with Crippen LogP contribution in [0.2, 0.25) is 5.02 Å². The fourth-order valence-corrected chi connectivity index (χ4v) is 2.82. The average molecular weight is 356 g/mol. The van der Waals surface area contributed by atoms with Gasteiger partial charge in [-0.15, -0.1) is 0 Å². The molecular weight excluding hydrogens is 338 g/mol. The van der Waals surface area contributed by atoms with Crippen molar-refractivity contribution in [3.05, 3.63) is 58.7 Å². The largest absolute Gasteiger partial charge is 0.478 e. The van der Waals surface area contributed by atoms with Gasteiger partial charge in [0.15, 0.2) is 0 Å². The number of hydrogen-bond acceptors (Lipinski definition) is 4. The van der Waals surface area contributed by atoms with Crippen molar-refractivity contribution in [1.82, 2.24) is 4.98 Å². The van der Waals surface area contributed by atoms with E-state index in [1.54, 1.807) is 12.1 Å². The number of halogens is 1. The zero-order valence-electron chi connectivity index (χ0n) is 14.2. The van der Waals surface area contributed by atoms with Gasteiger partial charge in [0.05, 0.1) is 11.2 Å². The molecule has 0 radical (unpaired) electrons. The first kappa shape index (κ1) is 17.0. The van der Waals surface area contributed by atoms with Crippen LogP contribution in [-0.2, 0) is 0 Å². The van der Waals surface area contributed by atoms with E-state index in [0.717, 1.165) is 22.3 Å². The maximum atomic E-state index is 11.6. The lowest BCUT2D eigenvalue weighted by Crippen LogP contribution is -2.08. The Morgan fingerprint density at radius 1 is 1.16 bits per heavy atom. The highest BCUT2D eigenvalue weighted by atomic mass is 35.5. The zero-order chi connectivity index (χ0) is 18.1. The van der Waals surface area contributed by atoms with Gasteiger partial charge < -0.3 is 15.3 Å². The number of carboxylic acids is 1. The number of aryl methyl sites for hydroxylation is 1. The van der Waals surface area contributed by atoms with Crippen molar-refractivity contribution in [2.45, 2.75) is 6.92 Å². The number of nitrogens with one attached hydrogen (secondary N) is 1. The Bertz CT molecular complexity index is 953. The van der Waals surface area contributed by atoms with E-state index in [4.69, 9.17) is 11.6 Å². The fraction of sp³-hybridized carbons (Fsp3) is 0.158. The second-order valence-electron chi connectivity index (χ2n) is 5.99. The van der Waals surface area contributed by atoms with E-state index in [1.807, 2.05) is 50.2 Å². The Balaban J connectivity index is 2.14. The summed E-state index contributed by atoms with van der Waals surface area (Å²) in [4.78, 5) is 17.9. The Kier molecular flexibility index (Phi) is 4.51. The highest BCUT2D eigenvalue weighted by Crippen LogP contribution is 2.33. The topological polar surface area (TPSA) is 65.5 Å².